The zero-order valence-electron chi connectivity index (χ0n) is 9.28. The van der Waals surface area contributed by atoms with E-state index in [1.807, 2.05) is 0 Å². The monoisotopic (exact) mass is 242 g/mol. The highest BCUT2D eigenvalue weighted by Gasteiger charge is 2.32. The lowest BCUT2D eigenvalue weighted by Crippen LogP contribution is -2.06. The molecule has 1 aliphatic carbocycles. The number of methoxy groups -OCH3 is 1. The Hall–Kier alpha value is -1.65. The summed E-state index contributed by atoms with van der Waals surface area (Å²) in [6, 6.07) is 2.82. The number of ether oxygens (including phenoxy) is 2. The number of carbonyl (C=O) groups excluding carboxylic acids is 1. The summed E-state index contributed by atoms with van der Waals surface area (Å²) in [4.78, 5) is 10.8. The van der Waals surface area contributed by atoms with Crippen LogP contribution in [0.1, 0.15) is 34.7 Å². The molecule has 0 aliphatic heterocycles. The minimum atomic E-state index is -2.88. The Bertz CT molecular complexity index is 428. The minimum Gasteiger partial charge on any atom is -0.496 e. The molecular weight excluding hydrogens is 230 g/mol. The molecule has 0 aromatic heterocycles. The van der Waals surface area contributed by atoms with Crippen LogP contribution in [0.2, 0.25) is 0 Å². The quantitative estimate of drug-likeness (QED) is 0.744. The zero-order valence-corrected chi connectivity index (χ0v) is 9.28. The van der Waals surface area contributed by atoms with Crippen molar-refractivity contribution in [3.63, 3.8) is 0 Å². The van der Waals surface area contributed by atoms with Gasteiger partial charge in [-0.2, -0.15) is 8.78 Å². The van der Waals surface area contributed by atoms with Crippen LogP contribution in [0.5, 0.6) is 11.5 Å². The van der Waals surface area contributed by atoms with Crippen LogP contribution in [0.25, 0.3) is 0 Å². The summed E-state index contributed by atoms with van der Waals surface area (Å²) >= 11 is 0. The van der Waals surface area contributed by atoms with Crippen LogP contribution in [0.15, 0.2) is 12.1 Å². The summed E-state index contributed by atoms with van der Waals surface area (Å²) < 4.78 is 34.1. The molecule has 1 aromatic carbocycles. The summed E-state index contributed by atoms with van der Waals surface area (Å²) in [6.45, 7) is -2.88. The molecule has 17 heavy (non-hydrogen) atoms. The molecule has 1 fully saturated rings. The largest absolute Gasteiger partial charge is 0.496 e. The average molecular weight is 242 g/mol. The number of hydrogen-bond acceptors (Lipinski definition) is 3. The maximum atomic E-state index is 12.3. The molecule has 1 aliphatic rings. The minimum absolute atomic E-state index is 0.102. The van der Waals surface area contributed by atoms with E-state index in [0.717, 1.165) is 12.8 Å². The second-order valence-corrected chi connectivity index (χ2v) is 3.87. The van der Waals surface area contributed by atoms with Gasteiger partial charge in [-0.3, -0.25) is 4.79 Å². The Balaban J connectivity index is 2.48. The van der Waals surface area contributed by atoms with Crippen molar-refractivity contribution in [2.24, 2.45) is 0 Å². The molecule has 0 heterocycles. The van der Waals surface area contributed by atoms with Crippen molar-refractivity contribution >= 4 is 6.29 Å². The molecular formula is C12H12F2O3. The number of aldehydes is 1. The number of carbonyl (C=O) groups is 1. The van der Waals surface area contributed by atoms with Gasteiger partial charge < -0.3 is 9.47 Å². The number of halogens is 2. The molecule has 0 N–H and O–H groups in total. The van der Waals surface area contributed by atoms with E-state index in [0.29, 0.717) is 23.2 Å². The van der Waals surface area contributed by atoms with Crippen molar-refractivity contribution in [1.29, 1.82) is 0 Å². The topological polar surface area (TPSA) is 35.5 Å². The third-order valence-corrected chi connectivity index (χ3v) is 2.72. The van der Waals surface area contributed by atoms with Crippen LogP contribution in [-0.2, 0) is 0 Å². The first-order valence-corrected chi connectivity index (χ1v) is 5.28. The van der Waals surface area contributed by atoms with E-state index in [-0.39, 0.29) is 11.7 Å². The maximum absolute atomic E-state index is 12.3. The van der Waals surface area contributed by atoms with E-state index in [9.17, 15) is 13.6 Å². The summed E-state index contributed by atoms with van der Waals surface area (Å²) in [6.07, 6.45) is 2.45. The van der Waals surface area contributed by atoms with Crippen LogP contribution in [0.3, 0.4) is 0 Å². The smallest absolute Gasteiger partial charge is 0.387 e. The van der Waals surface area contributed by atoms with Crippen LogP contribution in [0, 0.1) is 0 Å². The molecule has 2 rings (SSSR count). The third kappa shape index (κ3) is 2.38. The number of benzene rings is 1. The summed E-state index contributed by atoms with van der Waals surface area (Å²) in [5, 5.41) is 0. The number of rotatable bonds is 5. The standard InChI is InChI=1S/C12H12F2O3/c1-16-11-8(6-15)4-5-9(17-12(13)14)10(11)7-2-3-7/h4-7,12H,2-3H2,1H3. The van der Waals surface area contributed by atoms with Gasteiger partial charge in [0.25, 0.3) is 0 Å². The Morgan fingerprint density at radius 3 is 2.59 bits per heavy atom. The van der Waals surface area contributed by atoms with Gasteiger partial charge in [-0.1, -0.05) is 0 Å². The van der Waals surface area contributed by atoms with E-state index in [1.54, 1.807) is 0 Å². The second-order valence-electron chi connectivity index (χ2n) is 3.87. The molecule has 0 bridgehead atoms. The lowest BCUT2D eigenvalue weighted by Gasteiger charge is -2.15. The van der Waals surface area contributed by atoms with E-state index in [4.69, 9.17) is 4.74 Å². The van der Waals surface area contributed by atoms with Gasteiger partial charge in [-0.05, 0) is 30.9 Å². The fourth-order valence-corrected chi connectivity index (χ4v) is 1.88. The maximum Gasteiger partial charge on any atom is 0.387 e. The van der Waals surface area contributed by atoms with E-state index >= 15 is 0 Å². The fourth-order valence-electron chi connectivity index (χ4n) is 1.88. The predicted molar refractivity (Wildman–Crippen MR) is 57.0 cm³/mol. The normalized spacial score (nSPS) is 14.8. The first-order valence-electron chi connectivity index (χ1n) is 5.28. The molecule has 1 saturated carbocycles. The number of hydrogen-bond donors (Lipinski definition) is 0. The van der Waals surface area contributed by atoms with Crippen molar-refractivity contribution in [1.82, 2.24) is 0 Å². The molecule has 0 saturated heterocycles. The van der Waals surface area contributed by atoms with E-state index in [2.05, 4.69) is 4.74 Å². The van der Waals surface area contributed by atoms with Crippen LogP contribution in [-0.4, -0.2) is 20.0 Å². The van der Waals surface area contributed by atoms with Crippen LogP contribution < -0.4 is 9.47 Å². The third-order valence-electron chi connectivity index (χ3n) is 2.72. The highest BCUT2D eigenvalue weighted by atomic mass is 19.3. The van der Waals surface area contributed by atoms with Gasteiger partial charge >= 0.3 is 6.61 Å². The first-order chi connectivity index (χ1) is 8.17. The Morgan fingerprint density at radius 1 is 1.41 bits per heavy atom. The van der Waals surface area contributed by atoms with E-state index < -0.39 is 6.61 Å². The Morgan fingerprint density at radius 2 is 2.12 bits per heavy atom. The van der Waals surface area contributed by atoms with Crippen molar-refractivity contribution in [3.05, 3.63) is 23.3 Å². The second kappa shape index (κ2) is 4.69. The summed E-state index contributed by atoms with van der Waals surface area (Å²) in [5.41, 5.74) is 0.938. The summed E-state index contributed by atoms with van der Waals surface area (Å²) in [7, 11) is 1.42. The van der Waals surface area contributed by atoms with Crippen molar-refractivity contribution in [2.75, 3.05) is 7.11 Å². The first kappa shape index (κ1) is 11.8. The lowest BCUT2D eigenvalue weighted by molar-refractivity contribution is -0.0505. The van der Waals surface area contributed by atoms with Crippen molar-refractivity contribution < 1.29 is 23.0 Å². The molecule has 0 spiro atoms. The van der Waals surface area contributed by atoms with Crippen LogP contribution >= 0.6 is 0 Å². The van der Waals surface area contributed by atoms with Gasteiger partial charge in [0.1, 0.15) is 11.5 Å². The van der Waals surface area contributed by atoms with E-state index in [1.165, 1.54) is 19.2 Å². The zero-order chi connectivity index (χ0) is 12.4. The molecule has 0 atom stereocenters. The Kier molecular flexibility index (Phi) is 3.26. The molecule has 5 heteroatoms. The van der Waals surface area contributed by atoms with Crippen molar-refractivity contribution in [3.8, 4) is 11.5 Å². The molecule has 0 unspecified atom stereocenters. The van der Waals surface area contributed by atoms with Gasteiger partial charge in [-0.15, -0.1) is 0 Å². The van der Waals surface area contributed by atoms with Gasteiger partial charge in [0.05, 0.1) is 12.7 Å². The molecule has 0 amide bonds. The van der Waals surface area contributed by atoms with Crippen LogP contribution in [0.4, 0.5) is 8.78 Å². The van der Waals surface area contributed by atoms with Gasteiger partial charge in [-0.25, -0.2) is 0 Å². The lowest BCUT2D eigenvalue weighted by atomic mass is 10.0. The van der Waals surface area contributed by atoms with Gasteiger partial charge in [0, 0.05) is 5.56 Å². The van der Waals surface area contributed by atoms with Gasteiger partial charge in [0.15, 0.2) is 6.29 Å². The highest BCUT2D eigenvalue weighted by molar-refractivity contribution is 5.81. The molecule has 0 radical (unpaired) electrons. The average Bonchev–Trinajstić information content (AvgIpc) is 3.11. The fraction of sp³-hybridized carbons (Fsp3) is 0.417. The Labute approximate surface area is 97.3 Å². The van der Waals surface area contributed by atoms with Crippen molar-refractivity contribution in [2.45, 2.75) is 25.4 Å². The SMILES string of the molecule is COc1c(C=O)ccc(OC(F)F)c1C1CC1. The number of alkyl halides is 2. The predicted octanol–water partition coefficient (Wildman–Crippen LogP) is 2.99. The molecule has 1 aromatic rings. The molecule has 3 nitrogen and oxygen atoms in total. The van der Waals surface area contributed by atoms with Gasteiger partial charge in [0.2, 0.25) is 0 Å². The highest BCUT2D eigenvalue weighted by Crippen LogP contribution is 2.49. The summed E-state index contributed by atoms with van der Waals surface area (Å²) in [5.74, 6) is 0.601. The molecule has 92 valence electrons.